The molecule has 6 nitrogen and oxygen atoms in total. The van der Waals surface area contributed by atoms with Gasteiger partial charge in [-0.2, -0.15) is 0 Å². The van der Waals surface area contributed by atoms with E-state index in [0.29, 0.717) is 12.3 Å². The number of hydrogen-bond acceptors (Lipinski definition) is 5. The number of aromatic amines is 1. The topological polar surface area (TPSA) is 106 Å². The summed E-state index contributed by atoms with van der Waals surface area (Å²) in [7, 11) is 0. The molecule has 0 saturated heterocycles. The molecule has 0 aliphatic carbocycles. The molecule has 0 aliphatic rings. The van der Waals surface area contributed by atoms with Crippen LogP contribution in [-0.2, 0) is 6.54 Å². The van der Waals surface area contributed by atoms with Crippen LogP contribution in [0.15, 0.2) is 52.6 Å². The highest BCUT2D eigenvalue weighted by atomic mass is 32.1. The maximum Gasteiger partial charge on any atom is 0.248 e. The molecular formula is C17H20N2O4S. The molecule has 0 radical (unpaired) electrons. The summed E-state index contributed by atoms with van der Waals surface area (Å²) in [5.41, 5.74) is 0.640. The van der Waals surface area contributed by atoms with Gasteiger partial charge >= 0.3 is 0 Å². The van der Waals surface area contributed by atoms with Crippen molar-refractivity contribution in [2.45, 2.75) is 12.6 Å². The Balaban J connectivity index is 0.00000208. The zero-order chi connectivity index (χ0) is 16.1. The quantitative estimate of drug-likeness (QED) is 0.598. The highest BCUT2D eigenvalue weighted by Crippen LogP contribution is 2.18. The molecule has 3 rings (SSSR count). The van der Waals surface area contributed by atoms with Crippen LogP contribution in [0.4, 0.5) is 0 Å². The summed E-state index contributed by atoms with van der Waals surface area (Å²) in [6.45, 7) is 1.43. The molecule has 0 fully saturated rings. The molecule has 1 atom stereocenters. The SMILES string of the molecule is O.O=c1ccc2cc(OCC(O)CNCc3cccs3)ccc2[nH]1. The number of fused-ring (bicyclic) bond motifs is 1. The van der Waals surface area contributed by atoms with E-state index in [1.807, 2.05) is 17.5 Å². The molecule has 5 N–H and O–H groups in total. The van der Waals surface area contributed by atoms with Gasteiger partial charge in [-0.05, 0) is 35.7 Å². The van der Waals surface area contributed by atoms with Gasteiger partial charge in [0.25, 0.3) is 0 Å². The second-order valence-corrected chi connectivity index (χ2v) is 6.28. The molecule has 7 heteroatoms. The fourth-order valence-corrected chi connectivity index (χ4v) is 2.92. The van der Waals surface area contributed by atoms with Gasteiger partial charge in [0.2, 0.25) is 5.56 Å². The van der Waals surface area contributed by atoms with Crippen molar-refractivity contribution in [2.24, 2.45) is 0 Å². The Morgan fingerprint density at radius 3 is 2.92 bits per heavy atom. The van der Waals surface area contributed by atoms with Gasteiger partial charge in [-0.25, -0.2) is 0 Å². The van der Waals surface area contributed by atoms with Crippen LogP contribution in [0.1, 0.15) is 4.88 Å². The fourth-order valence-electron chi connectivity index (χ4n) is 2.25. The van der Waals surface area contributed by atoms with Crippen LogP contribution < -0.4 is 15.6 Å². The third kappa shape index (κ3) is 4.90. The first-order chi connectivity index (χ1) is 11.2. The molecule has 2 aromatic heterocycles. The summed E-state index contributed by atoms with van der Waals surface area (Å²) in [6, 6.07) is 12.7. The molecule has 0 amide bonds. The number of aromatic nitrogens is 1. The Morgan fingerprint density at radius 1 is 1.25 bits per heavy atom. The lowest BCUT2D eigenvalue weighted by Crippen LogP contribution is -2.30. The van der Waals surface area contributed by atoms with E-state index in [0.717, 1.165) is 17.4 Å². The molecule has 1 unspecified atom stereocenters. The van der Waals surface area contributed by atoms with Crippen molar-refractivity contribution in [3.8, 4) is 5.75 Å². The summed E-state index contributed by atoms with van der Waals surface area (Å²) in [6.07, 6.45) is -0.582. The first kappa shape index (κ1) is 18.2. The number of benzene rings is 1. The van der Waals surface area contributed by atoms with Crippen molar-refractivity contribution >= 4 is 22.2 Å². The second kappa shape index (κ2) is 8.60. The van der Waals surface area contributed by atoms with Crippen LogP contribution in [0.25, 0.3) is 10.9 Å². The minimum absolute atomic E-state index is 0. The predicted molar refractivity (Wildman–Crippen MR) is 95.7 cm³/mol. The van der Waals surface area contributed by atoms with Gasteiger partial charge in [0.1, 0.15) is 18.5 Å². The van der Waals surface area contributed by atoms with Crippen molar-refractivity contribution < 1.29 is 15.3 Å². The second-order valence-electron chi connectivity index (χ2n) is 5.25. The molecule has 0 spiro atoms. The molecule has 1 aromatic carbocycles. The number of aliphatic hydroxyl groups is 1. The molecular weight excluding hydrogens is 328 g/mol. The van der Waals surface area contributed by atoms with Gasteiger partial charge in [0, 0.05) is 34.9 Å². The van der Waals surface area contributed by atoms with E-state index in [4.69, 9.17) is 4.74 Å². The zero-order valence-corrected chi connectivity index (χ0v) is 13.8. The number of aliphatic hydroxyl groups excluding tert-OH is 1. The van der Waals surface area contributed by atoms with Crippen LogP contribution in [0, 0.1) is 0 Å². The Kier molecular flexibility index (Phi) is 6.51. The number of rotatable bonds is 7. The zero-order valence-electron chi connectivity index (χ0n) is 13.0. The summed E-state index contributed by atoms with van der Waals surface area (Å²) < 4.78 is 5.61. The highest BCUT2D eigenvalue weighted by Gasteiger charge is 2.06. The number of ether oxygens (including phenoxy) is 1. The van der Waals surface area contributed by atoms with Crippen LogP contribution in [0.3, 0.4) is 0 Å². The van der Waals surface area contributed by atoms with Crippen LogP contribution in [0.5, 0.6) is 5.75 Å². The predicted octanol–water partition coefficient (Wildman–Crippen LogP) is 1.29. The van der Waals surface area contributed by atoms with Crippen molar-refractivity contribution in [1.29, 1.82) is 0 Å². The third-order valence-corrected chi connectivity index (χ3v) is 4.27. The average Bonchev–Trinajstić information content (AvgIpc) is 3.06. The Labute approximate surface area is 143 Å². The molecule has 24 heavy (non-hydrogen) atoms. The fraction of sp³-hybridized carbons (Fsp3) is 0.235. The van der Waals surface area contributed by atoms with Gasteiger partial charge in [-0.15, -0.1) is 11.3 Å². The standard InChI is InChI=1S/C17H18N2O3S.H2O/c20-13(9-18-10-15-2-1-7-23-15)11-22-14-4-5-16-12(8-14)3-6-17(21)19-16;/h1-8,13,18,20H,9-11H2,(H,19,21);1H2. The normalized spacial score (nSPS) is 11.9. The number of pyridine rings is 1. The van der Waals surface area contributed by atoms with Crippen LogP contribution in [0.2, 0.25) is 0 Å². The van der Waals surface area contributed by atoms with Crippen molar-refractivity contribution in [2.75, 3.05) is 13.2 Å². The van der Waals surface area contributed by atoms with Crippen molar-refractivity contribution in [3.05, 3.63) is 63.1 Å². The minimum Gasteiger partial charge on any atom is -0.491 e. The summed E-state index contributed by atoms with van der Waals surface area (Å²) >= 11 is 1.69. The van der Waals surface area contributed by atoms with Crippen molar-refractivity contribution in [3.63, 3.8) is 0 Å². The minimum atomic E-state index is -0.582. The number of hydrogen-bond donors (Lipinski definition) is 3. The lowest BCUT2D eigenvalue weighted by atomic mass is 10.2. The molecule has 128 valence electrons. The van der Waals surface area contributed by atoms with Crippen LogP contribution in [-0.4, -0.2) is 34.8 Å². The summed E-state index contributed by atoms with van der Waals surface area (Å²) in [5, 5.41) is 16.1. The molecule has 0 bridgehead atoms. The number of H-pyrrole nitrogens is 1. The highest BCUT2D eigenvalue weighted by molar-refractivity contribution is 7.09. The van der Waals surface area contributed by atoms with E-state index in [9.17, 15) is 9.90 Å². The largest absolute Gasteiger partial charge is 0.491 e. The van der Waals surface area contributed by atoms with E-state index < -0.39 is 6.10 Å². The smallest absolute Gasteiger partial charge is 0.248 e. The van der Waals surface area contributed by atoms with Gasteiger partial charge in [-0.1, -0.05) is 6.07 Å². The Hall–Kier alpha value is -2.19. The summed E-state index contributed by atoms with van der Waals surface area (Å²) in [4.78, 5) is 15.2. The number of nitrogens with one attached hydrogen (secondary N) is 2. The molecule has 0 aliphatic heterocycles. The third-order valence-electron chi connectivity index (χ3n) is 3.40. The van der Waals surface area contributed by atoms with E-state index in [1.165, 1.54) is 10.9 Å². The first-order valence-electron chi connectivity index (χ1n) is 7.38. The van der Waals surface area contributed by atoms with Crippen LogP contribution >= 0.6 is 11.3 Å². The number of thiophene rings is 1. The van der Waals surface area contributed by atoms with E-state index in [1.54, 1.807) is 29.5 Å². The lowest BCUT2D eigenvalue weighted by molar-refractivity contribution is 0.106. The van der Waals surface area contributed by atoms with E-state index >= 15 is 0 Å². The molecule has 2 heterocycles. The summed E-state index contributed by atoms with van der Waals surface area (Å²) in [5.74, 6) is 0.668. The Morgan fingerprint density at radius 2 is 2.12 bits per heavy atom. The van der Waals surface area contributed by atoms with E-state index in [-0.39, 0.29) is 17.6 Å². The van der Waals surface area contributed by atoms with Gasteiger partial charge < -0.3 is 25.6 Å². The molecule has 3 aromatic rings. The maximum atomic E-state index is 11.2. The monoisotopic (exact) mass is 348 g/mol. The average molecular weight is 348 g/mol. The molecule has 0 saturated carbocycles. The Bertz CT molecular complexity index is 817. The first-order valence-corrected chi connectivity index (χ1v) is 8.26. The van der Waals surface area contributed by atoms with Gasteiger partial charge in [0.05, 0.1) is 0 Å². The van der Waals surface area contributed by atoms with Gasteiger partial charge in [-0.3, -0.25) is 4.79 Å². The maximum absolute atomic E-state index is 11.2. The van der Waals surface area contributed by atoms with Gasteiger partial charge in [0.15, 0.2) is 0 Å². The van der Waals surface area contributed by atoms with E-state index in [2.05, 4.69) is 16.4 Å². The van der Waals surface area contributed by atoms with Crippen molar-refractivity contribution in [1.82, 2.24) is 10.3 Å². The lowest BCUT2D eigenvalue weighted by Gasteiger charge is -2.13.